The number of hydrazone groups is 1. The van der Waals surface area contributed by atoms with Crippen molar-refractivity contribution in [2.24, 2.45) is 5.10 Å². The predicted octanol–water partition coefficient (Wildman–Crippen LogP) is 3.65. The van der Waals surface area contributed by atoms with Crippen LogP contribution in [0.5, 0.6) is 0 Å². The Kier molecular flexibility index (Phi) is 3.20. The summed E-state index contributed by atoms with van der Waals surface area (Å²) in [5.74, 6) is -1.20. The van der Waals surface area contributed by atoms with E-state index >= 15 is 0 Å². The van der Waals surface area contributed by atoms with Crippen LogP contribution in [0.15, 0.2) is 29.4 Å². The van der Waals surface area contributed by atoms with Gasteiger partial charge in [0, 0.05) is 0 Å². The fourth-order valence-corrected chi connectivity index (χ4v) is 1.69. The number of hydrogen-bond donors (Lipinski definition) is 0. The van der Waals surface area contributed by atoms with Crippen molar-refractivity contribution < 1.29 is 17.9 Å². The predicted molar refractivity (Wildman–Crippen MR) is 67.1 cm³/mol. The van der Waals surface area contributed by atoms with Gasteiger partial charge in [-0.25, -0.2) is 5.01 Å². The normalized spacial score (nSPS) is 16.3. The maximum absolute atomic E-state index is 12.4. The van der Waals surface area contributed by atoms with Crippen LogP contribution < -0.4 is 5.01 Å². The lowest BCUT2D eigenvalue weighted by atomic mass is 9.87. The molecule has 0 spiro atoms. The van der Waals surface area contributed by atoms with Gasteiger partial charge in [-0.05, 0) is 23.1 Å². The highest BCUT2D eigenvalue weighted by Crippen LogP contribution is 2.28. The van der Waals surface area contributed by atoms with Gasteiger partial charge in [0.1, 0.15) is 0 Å². The number of anilines is 1. The van der Waals surface area contributed by atoms with Crippen LogP contribution >= 0.6 is 0 Å². The maximum Gasteiger partial charge on any atom is 0.470 e. The molecule has 1 aliphatic rings. The Morgan fingerprint density at radius 3 is 2.11 bits per heavy atom. The lowest BCUT2D eigenvalue weighted by Gasteiger charge is -2.20. The average Bonchev–Trinajstić information content (AvgIpc) is 2.77. The second-order valence-electron chi connectivity index (χ2n) is 5.37. The lowest BCUT2D eigenvalue weighted by molar-refractivity contribution is -0.0752. The molecule has 1 aliphatic heterocycles. The van der Waals surface area contributed by atoms with E-state index in [0.717, 1.165) is 5.56 Å². The first-order valence-corrected chi connectivity index (χ1v) is 5.84. The van der Waals surface area contributed by atoms with Gasteiger partial charge in [-0.3, -0.25) is 0 Å². The van der Waals surface area contributed by atoms with Crippen LogP contribution in [0, 0.1) is 0 Å². The van der Waals surface area contributed by atoms with E-state index in [-0.39, 0.29) is 12.1 Å². The van der Waals surface area contributed by atoms with E-state index in [0.29, 0.717) is 5.69 Å². The Labute approximate surface area is 109 Å². The first-order chi connectivity index (χ1) is 8.68. The van der Waals surface area contributed by atoms with Gasteiger partial charge in [-0.15, -0.1) is 5.10 Å². The molecule has 2 rings (SSSR count). The molecule has 0 fully saturated rings. The van der Waals surface area contributed by atoms with Crippen molar-refractivity contribution in [2.45, 2.75) is 32.4 Å². The molecule has 19 heavy (non-hydrogen) atoms. The third kappa shape index (κ3) is 3.00. The number of benzene rings is 1. The molecule has 0 radical (unpaired) electrons. The van der Waals surface area contributed by atoms with E-state index in [1.54, 1.807) is 12.1 Å². The summed E-state index contributed by atoms with van der Waals surface area (Å²) >= 11 is 0. The third-order valence-electron chi connectivity index (χ3n) is 2.81. The van der Waals surface area contributed by atoms with Crippen LogP contribution in [0.3, 0.4) is 0 Å². The molecular weight excluding hydrogens is 257 g/mol. The molecule has 0 bridgehead atoms. The van der Waals surface area contributed by atoms with E-state index in [2.05, 4.69) is 30.6 Å². The van der Waals surface area contributed by atoms with E-state index < -0.39 is 12.1 Å². The fraction of sp³-hybridized carbons (Fsp3) is 0.462. The summed E-state index contributed by atoms with van der Waals surface area (Å²) in [6.45, 7) is 5.99. The van der Waals surface area contributed by atoms with Gasteiger partial charge in [-0.2, -0.15) is 13.2 Å². The highest BCUT2D eigenvalue weighted by Gasteiger charge is 2.42. The van der Waals surface area contributed by atoms with Crippen molar-refractivity contribution in [3.63, 3.8) is 0 Å². The summed E-state index contributed by atoms with van der Waals surface area (Å²) in [4.78, 5) is 0. The van der Waals surface area contributed by atoms with Gasteiger partial charge in [0.05, 0.1) is 5.69 Å². The third-order valence-corrected chi connectivity index (χ3v) is 2.81. The van der Waals surface area contributed by atoms with Crippen LogP contribution in [0.25, 0.3) is 0 Å². The van der Waals surface area contributed by atoms with Crippen molar-refractivity contribution in [2.75, 3.05) is 11.7 Å². The molecule has 0 atom stereocenters. The molecule has 3 nitrogen and oxygen atoms in total. The fourth-order valence-electron chi connectivity index (χ4n) is 1.69. The molecule has 0 saturated heterocycles. The van der Waals surface area contributed by atoms with Crippen LogP contribution in [0.1, 0.15) is 26.3 Å². The topological polar surface area (TPSA) is 24.8 Å². The minimum atomic E-state index is -4.54. The SMILES string of the molecule is CC(C)(C)c1ccc(N2COC(C(F)(F)F)=N2)cc1. The highest BCUT2D eigenvalue weighted by molar-refractivity contribution is 5.84. The van der Waals surface area contributed by atoms with Gasteiger partial charge in [0.15, 0.2) is 6.73 Å². The number of rotatable bonds is 1. The Morgan fingerprint density at radius 2 is 1.68 bits per heavy atom. The quantitative estimate of drug-likeness (QED) is 0.779. The minimum Gasteiger partial charge on any atom is -0.450 e. The molecule has 0 N–H and O–H groups in total. The minimum absolute atomic E-state index is 0.000434. The second-order valence-corrected chi connectivity index (χ2v) is 5.37. The summed E-state index contributed by atoms with van der Waals surface area (Å²) in [5.41, 5.74) is 1.68. The summed E-state index contributed by atoms with van der Waals surface area (Å²) in [6.07, 6.45) is -4.54. The second kappa shape index (κ2) is 4.43. The molecule has 0 aliphatic carbocycles. The van der Waals surface area contributed by atoms with Crippen molar-refractivity contribution >= 4 is 11.6 Å². The summed E-state index contributed by atoms with van der Waals surface area (Å²) < 4.78 is 41.7. The van der Waals surface area contributed by atoms with Crippen molar-refractivity contribution in [3.8, 4) is 0 Å². The van der Waals surface area contributed by atoms with Gasteiger partial charge in [0.25, 0.3) is 0 Å². The van der Waals surface area contributed by atoms with Gasteiger partial charge < -0.3 is 4.74 Å². The van der Waals surface area contributed by atoms with Crippen LogP contribution in [0.4, 0.5) is 18.9 Å². The van der Waals surface area contributed by atoms with E-state index in [1.165, 1.54) is 5.01 Å². The largest absolute Gasteiger partial charge is 0.470 e. The first-order valence-electron chi connectivity index (χ1n) is 5.84. The van der Waals surface area contributed by atoms with E-state index in [4.69, 9.17) is 0 Å². The molecule has 1 aromatic rings. The molecule has 0 unspecified atom stereocenters. The Morgan fingerprint density at radius 1 is 1.11 bits per heavy atom. The Hall–Kier alpha value is -1.72. The molecule has 0 saturated carbocycles. The summed E-state index contributed by atoms with van der Waals surface area (Å²) in [5, 5.41) is 4.61. The number of hydrogen-bond acceptors (Lipinski definition) is 3. The van der Waals surface area contributed by atoms with Gasteiger partial charge in [-0.1, -0.05) is 32.9 Å². The Bertz CT molecular complexity index is 486. The van der Waals surface area contributed by atoms with Gasteiger partial charge >= 0.3 is 12.1 Å². The molecule has 0 amide bonds. The van der Waals surface area contributed by atoms with Crippen molar-refractivity contribution in [3.05, 3.63) is 29.8 Å². The standard InChI is InChI=1S/C13H15F3N2O/c1-12(2,3)9-4-6-10(7-5-9)18-8-19-11(17-18)13(14,15)16/h4-7H,8H2,1-3H3. The zero-order valence-electron chi connectivity index (χ0n) is 11.0. The zero-order chi connectivity index (χ0) is 14.3. The average molecular weight is 272 g/mol. The van der Waals surface area contributed by atoms with Crippen LogP contribution in [0.2, 0.25) is 0 Å². The van der Waals surface area contributed by atoms with Crippen molar-refractivity contribution in [1.29, 1.82) is 0 Å². The monoisotopic (exact) mass is 272 g/mol. The molecule has 0 aromatic heterocycles. The number of ether oxygens (including phenoxy) is 1. The molecule has 104 valence electrons. The van der Waals surface area contributed by atoms with Crippen LogP contribution in [-0.2, 0) is 10.2 Å². The summed E-state index contributed by atoms with van der Waals surface area (Å²) in [7, 11) is 0. The van der Waals surface area contributed by atoms with Gasteiger partial charge in [0.2, 0.25) is 0 Å². The Balaban J connectivity index is 2.19. The lowest BCUT2D eigenvalue weighted by Crippen LogP contribution is -2.22. The molecule has 1 aromatic carbocycles. The van der Waals surface area contributed by atoms with E-state index in [1.807, 2.05) is 12.1 Å². The number of alkyl halides is 3. The highest BCUT2D eigenvalue weighted by atomic mass is 19.4. The first kappa shape index (κ1) is 13.7. The zero-order valence-corrected chi connectivity index (χ0v) is 11.0. The smallest absolute Gasteiger partial charge is 0.450 e. The van der Waals surface area contributed by atoms with Crippen molar-refractivity contribution in [1.82, 2.24) is 0 Å². The molecule has 6 heteroatoms. The molecular formula is C13H15F3N2O. The molecule has 1 heterocycles. The maximum atomic E-state index is 12.4. The number of halogens is 3. The number of nitrogens with zero attached hydrogens (tertiary/aromatic N) is 2. The van der Waals surface area contributed by atoms with E-state index in [9.17, 15) is 13.2 Å². The van der Waals surface area contributed by atoms with Crippen LogP contribution in [-0.4, -0.2) is 18.8 Å². The summed E-state index contributed by atoms with van der Waals surface area (Å²) in [6, 6.07) is 7.26.